The summed E-state index contributed by atoms with van der Waals surface area (Å²) in [5.74, 6) is -1.27. The number of carbonyl (C=O) groups is 3. The number of urea groups is 1. The summed E-state index contributed by atoms with van der Waals surface area (Å²) in [6.07, 6.45) is 0. The van der Waals surface area contributed by atoms with Crippen LogP contribution in [0.15, 0.2) is 36.4 Å². The van der Waals surface area contributed by atoms with Crippen LogP contribution in [0.1, 0.15) is 39.5 Å². The lowest BCUT2D eigenvalue weighted by Gasteiger charge is -2.22. The minimum Gasteiger partial charge on any atom is -0.319 e. The Morgan fingerprint density at radius 2 is 1.63 bits per heavy atom. The molecule has 140 valence electrons. The quantitative estimate of drug-likeness (QED) is 0.664. The molecule has 27 heavy (non-hydrogen) atoms. The topological polar surface area (TPSA) is 66.5 Å². The number of aryl methyl sites for hydroxylation is 3. The molecule has 1 saturated heterocycles. The van der Waals surface area contributed by atoms with E-state index in [0.717, 1.165) is 21.6 Å². The van der Waals surface area contributed by atoms with E-state index in [4.69, 9.17) is 0 Å². The van der Waals surface area contributed by atoms with E-state index in [0.29, 0.717) is 11.1 Å². The van der Waals surface area contributed by atoms with Crippen molar-refractivity contribution in [3.63, 3.8) is 0 Å². The molecule has 0 aliphatic carbocycles. The first-order chi connectivity index (χ1) is 12.6. The number of ketones is 1. The molecule has 5 nitrogen and oxygen atoms in total. The van der Waals surface area contributed by atoms with Crippen LogP contribution in [0.2, 0.25) is 0 Å². The van der Waals surface area contributed by atoms with E-state index in [1.165, 1.54) is 24.3 Å². The van der Waals surface area contributed by atoms with Crippen LogP contribution < -0.4 is 5.32 Å². The van der Waals surface area contributed by atoms with Crippen LogP contribution in [-0.2, 0) is 10.3 Å². The number of rotatable bonds is 4. The predicted molar refractivity (Wildman–Crippen MR) is 99.0 cm³/mol. The Morgan fingerprint density at radius 3 is 2.26 bits per heavy atom. The van der Waals surface area contributed by atoms with Gasteiger partial charge in [-0.3, -0.25) is 14.5 Å². The van der Waals surface area contributed by atoms with Crippen molar-refractivity contribution in [3.8, 4) is 0 Å². The van der Waals surface area contributed by atoms with Crippen LogP contribution in [0, 0.1) is 26.6 Å². The molecule has 1 unspecified atom stereocenters. The Morgan fingerprint density at radius 1 is 1.04 bits per heavy atom. The number of Topliss-reactive ketones (excluding diaryl/α,β-unsaturated/α-hetero) is 1. The van der Waals surface area contributed by atoms with Crippen molar-refractivity contribution in [2.45, 2.75) is 33.2 Å². The fraction of sp³-hybridized carbons (Fsp3) is 0.286. The summed E-state index contributed by atoms with van der Waals surface area (Å²) in [5.41, 5.74) is 2.47. The van der Waals surface area contributed by atoms with Crippen molar-refractivity contribution in [2.24, 2.45) is 0 Å². The third-order valence-electron chi connectivity index (χ3n) is 5.14. The molecule has 0 saturated carbocycles. The van der Waals surface area contributed by atoms with Gasteiger partial charge in [-0.25, -0.2) is 9.18 Å². The average molecular weight is 368 g/mol. The fourth-order valence-corrected chi connectivity index (χ4v) is 3.31. The van der Waals surface area contributed by atoms with Gasteiger partial charge in [0, 0.05) is 5.56 Å². The van der Waals surface area contributed by atoms with E-state index in [9.17, 15) is 18.8 Å². The molecule has 3 amide bonds. The first kappa shape index (κ1) is 18.8. The third kappa shape index (κ3) is 3.23. The maximum Gasteiger partial charge on any atom is 0.325 e. The van der Waals surface area contributed by atoms with Crippen LogP contribution in [-0.4, -0.2) is 29.2 Å². The molecule has 0 bridgehead atoms. The molecule has 1 aliphatic rings. The van der Waals surface area contributed by atoms with E-state index < -0.39 is 23.3 Å². The summed E-state index contributed by atoms with van der Waals surface area (Å²) in [6, 6.07) is 8.42. The third-order valence-corrected chi connectivity index (χ3v) is 5.14. The first-order valence-corrected chi connectivity index (χ1v) is 8.64. The minimum absolute atomic E-state index is 0.303. The molecule has 2 aromatic carbocycles. The van der Waals surface area contributed by atoms with Gasteiger partial charge in [-0.1, -0.05) is 18.2 Å². The second-order valence-electron chi connectivity index (χ2n) is 7.13. The molecule has 3 rings (SSSR count). The predicted octanol–water partition coefficient (Wildman–Crippen LogP) is 3.40. The van der Waals surface area contributed by atoms with E-state index in [2.05, 4.69) is 5.32 Å². The maximum atomic E-state index is 13.2. The van der Waals surface area contributed by atoms with Crippen LogP contribution >= 0.6 is 0 Å². The van der Waals surface area contributed by atoms with Gasteiger partial charge in [0.05, 0.1) is 6.54 Å². The smallest absolute Gasteiger partial charge is 0.319 e. The van der Waals surface area contributed by atoms with Crippen molar-refractivity contribution >= 4 is 17.7 Å². The van der Waals surface area contributed by atoms with Crippen LogP contribution in [0.25, 0.3) is 0 Å². The maximum absolute atomic E-state index is 13.2. The van der Waals surface area contributed by atoms with Gasteiger partial charge in [-0.2, -0.15) is 0 Å². The van der Waals surface area contributed by atoms with E-state index in [1.54, 1.807) is 13.0 Å². The standard InChI is InChI=1S/C21H21FN2O3/c1-12-9-14(3)17(10-13(12)2)18(25)11-24-19(26)21(4,23-20(24)27)15-5-7-16(22)8-6-15/h5-10H,11H2,1-4H3,(H,23,27). The lowest BCUT2D eigenvalue weighted by molar-refractivity contribution is -0.130. The van der Waals surface area contributed by atoms with E-state index in [1.807, 2.05) is 26.8 Å². The number of carbonyl (C=O) groups excluding carboxylic acids is 3. The Bertz CT molecular complexity index is 953. The number of nitrogens with zero attached hydrogens (tertiary/aromatic N) is 1. The van der Waals surface area contributed by atoms with Gasteiger partial charge in [-0.05, 0) is 68.1 Å². The monoisotopic (exact) mass is 368 g/mol. The van der Waals surface area contributed by atoms with Crippen molar-refractivity contribution in [1.29, 1.82) is 0 Å². The van der Waals surface area contributed by atoms with Crippen molar-refractivity contribution < 1.29 is 18.8 Å². The number of halogens is 1. The largest absolute Gasteiger partial charge is 0.325 e. The molecular weight excluding hydrogens is 347 g/mol. The molecule has 1 heterocycles. The molecule has 2 aromatic rings. The van der Waals surface area contributed by atoms with E-state index >= 15 is 0 Å². The minimum atomic E-state index is -1.33. The van der Waals surface area contributed by atoms with Gasteiger partial charge in [0.15, 0.2) is 5.78 Å². The van der Waals surface area contributed by atoms with Crippen molar-refractivity contribution in [1.82, 2.24) is 10.2 Å². The normalized spacial score (nSPS) is 19.4. The Labute approximate surface area is 157 Å². The van der Waals surface area contributed by atoms with Gasteiger partial charge in [-0.15, -0.1) is 0 Å². The van der Waals surface area contributed by atoms with Crippen molar-refractivity contribution in [3.05, 3.63) is 70.0 Å². The zero-order valence-corrected chi connectivity index (χ0v) is 15.7. The number of nitrogens with one attached hydrogen (secondary N) is 1. The molecule has 0 radical (unpaired) electrons. The van der Waals surface area contributed by atoms with Crippen LogP contribution in [0.4, 0.5) is 9.18 Å². The number of imide groups is 1. The Balaban J connectivity index is 1.87. The summed E-state index contributed by atoms with van der Waals surface area (Å²) in [4.78, 5) is 38.9. The number of benzene rings is 2. The molecule has 1 N–H and O–H groups in total. The highest BCUT2D eigenvalue weighted by Crippen LogP contribution is 2.29. The van der Waals surface area contributed by atoms with Gasteiger partial charge in [0.1, 0.15) is 11.4 Å². The average Bonchev–Trinajstić information content (AvgIpc) is 2.82. The summed E-state index contributed by atoms with van der Waals surface area (Å²) < 4.78 is 13.2. The van der Waals surface area contributed by atoms with E-state index in [-0.39, 0.29) is 12.3 Å². The molecule has 1 atom stereocenters. The molecule has 1 aliphatic heterocycles. The SMILES string of the molecule is Cc1cc(C)c(C(=O)CN2C(=O)NC(C)(c3ccc(F)cc3)C2=O)cc1C. The van der Waals surface area contributed by atoms with Crippen LogP contribution in [0.3, 0.4) is 0 Å². The summed E-state index contributed by atoms with van der Waals surface area (Å²) in [6.45, 7) is 6.90. The van der Waals surface area contributed by atoms with Gasteiger partial charge in [0.25, 0.3) is 5.91 Å². The number of amides is 3. The number of hydrogen-bond donors (Lipinski definition) is 1. The number of hydrogen-bond acceptors (Lipinski definition) is 3. The second-order valence-corrected chi connectivity index (χ2v) is 7.13. The molecule has 6 heteroatoms. The Hall–Kier alpha value is -3.02. The molecule has 1 fully saturated rings. The molecular formula is C21H21FN2O3. The zero-order valence-electron chi connectivity index (χ0n) is 15.7. The highest BCUT2D eigenvalue weighted by atomic mass is 19.1. The molecule has 0 spiro atoms. The highest BCUT2D eigenvalue weighted by Gasteiger charge is 2.49. The summed E-state index contributed by atoms with van der Waals surface area (Å²) >= 11 is 0. The van der Waals surface area contributed by atoms with Gasteiger partial charge < -0.3 is 5.32 Å². The van der Waals surface area contributed by atoms with Gasteiger partial charge >= 0.3 is 6.03 Å². The zero-order chi connectivity index (χ0) is 19.9. The lowest BCUT2D eigenvalue weighted by atomic mass is 9.92. The summed E-state index contributed by atoms with van der Waals surface area (Å²) in [7, 11) is 0. The summed E-state index contributed by atoms with van der Waals surface area (Å²) in [5, 5.41) is 2.62. The molecule has 0 aromatic heterocycles. The first-order valence-electron chi connectivity index (χ1n) is 8.64. The highest BCUT2D eigenvalue weighted by molar-refractivity contribution is 6.11. The second kappa shape index (κ2) is 6.61. The fourth-order valence-electron chi connectivity index (χ4n) is 3.31. The lowest BCUT2D eigenvalue weighted by Crippen LogP contribution is -2.41. The van der Waals surface area contributed by atoms with Gasteiger partial charge in [0.2, 0.25) is 0 Å². The Kier molecular flexibility index (Phi) is 4.59. The van der Waals surface area contributed by atoms with Crippen molar-refractivity contribution in [2.75, 3.05) is 6.54 Å². The van der Waals surface area contributed by atoms with Crippen LogP contribution in [0.5, 0.6) is 0 Å².